The number of halogens is 3. The van der Waals surface area contributed by atoms with E-state index in [9.17, 15) is 18.0 Å². The van der Waals surface area contributed by atoms with Crippen LogP contribution in [-0.4, -0.2) is 6.08 Å². The van der Waals surface area contributed by atoms with Crippen LogP contribution >= 0.6 is 0 Å². The molecule has 1 aromatic rings. The number of alkyl halides is 3. The van der Waals surface area contributed by atoms with Crippen molar-refractivity contribution < 1.29 is 18.0 Å². The van der Waals surface area contributed by atoms with Gasteiger partial charge in [-0.2, -0.15) is 18.2 Å². The van der Waals surface area contributed by atoms with Crippen LogP contribution in [0.15, 0.2) is 29.3 Å². The van der Waals surface area contributed by atoms with Crippen LogP contribution in [0.25, 0.3) is 0 Å². The second-order valence-corrected chi connectivity index (χ2v) is 3.81. The molecule has 0 aromatic heterocycles. The minimum atomic E-state index is -4.33. The number of nitrogens with zero attached hydrogens (tertiary/aromatic N) is 1. The Morgan fingerprint density at radius 3 is 2.12 bits per heavy atom. The quantitative estimate of drug-likeness (QED) is 0.564. The van der Waals surface area contributed by atoms with Crippen LogP contribution in [0, 0.1) is 0 Å². The monoisotopic (exact) mass is 227 g/mol. The predicted molar refractivity (Wildman–Crippen MR) is 50.5 cm³/mol. The van der Waals surface area contributed by atoms with E-state index >= 15 is 0 Å². The smallest absolute Gasteiger partial charge is 0.211 e. The van der Waals surface area contributed by atoms with Crippen LogP contribution in [0.4, 0.5) is 13.2 Å². The summed E-state index contributed by atoms with van der Waals surface area (Å²) in [6, 6.07) is 4.76. The molecular weight excluding hydrogens is 219 g/mol. The maximum Gasteiger partial charge on any atom is 0.416 e. The molecule has 1 aliphatic rings. The Hall–Kier alpha value is -1.61. The Bertz CT molecular complexity index is 439. The van der Waals surface area contributed by atoms with Crippen molar-refractivity contribution >= 4 is 6.08 Å². The van der Waals surface area contributed by atoms with Crippen LogP contribution in [-0.2, 0) is 16.5 Å². The fourth-order valence-electron chi connectivity index (χ4n) is 1.64. The lowest BCUT2D eigenvalue weighted by Gasteiger charge is -2.10. The van der Waals surface area contributed by atoms with Gasteiger partial charge in [0.2, 0.25) is 6.08 Å². The van der Waals surface area contributed by atoms with E-state index in [-0.39, 0.29) is 0 Å². The summed E-state index contributed by atoms with van der Waals surface area (Å²) < 4.78 is 36.9. The molecule has 5 heteroatoms. The summed E-state index contributed by atoms with van der Waals surface area (Å²) >= 11 is 0. The number of carbonyl (C=O) groups excluding carboxylic acids is 1. The van der Waals surface area contributed by atoms with Crippen molar-refractivity contribution in [3.8, 4) is 0 Å². The normalized spacial score (nSPS) is 17.7. The Kier molecular flexibility index (Phi) is 2.35. The summed E-state index contributed by atoms with van der Waals surface area (Å²) in [5.74, 6) is 0. The molecule has 0 unspecified atom stereocenters. The summed E-state index contributed by atoms with van der Waals surface area (Å²) in [6.07, 6.45) is -1.49. The van der Waals surface area contributed by atoms with Gasteiger partial charge in [-0.1, -0.05) is 12.1 Å². The van der Waals surface area contributed by atoms with Gasteiger partial charge in [0.1, 0.15) is 0 Å². The zero-order valence-corrected chi connectivity index (χ0v) is 8.21. The molecule has 84 valence electrons. The maximum absolute atomic E-state index is 12.3. The zero-order chi connectivity index (χ0) is 11.8. The third-order valence-corrected chi connectivity index (χ3v) is 2.73. The number of benzene rings is 1. The molecule has 0 aliphatic heterocycles. The average Bonchev–Trinajstić information content (AvgIpc) is 2.99. The van der Waals surface area contributed by atoms with E-state index in [1.807, 2.05) is 0 Å². The molecule has 0 N–H and O–H groups in total. The minimum absolute atomic E-state index is 0.605. The third-order valence-electron chi connectivity index (χ3n) is 2.73. The first-order chi connectivity index (χ1) is 7.48. The van der Waals surface area contributed by atoms with Gasteiger partial charge in [-0.25, -0.2) is 4.79 Å². The molecule has 0 spiro atoms. The molecule has 2 nitrogen and oxygen atoms in total. The van der Waals surface area contributed by atoms with Crippen molar-refractivity contribution in [3.63, 3.8) is 0 Å². The van der Waals surface area contributed by atoms with E-state index in [2.05, 4.69) is 4.99 Å². The molecule has 1 aromatic carbocycles. The number of hydrogen-bond acceptors (Lipinski definition) is 2. The molecule has 0 heterocycles. The van der Waals surface area contributed by atoms with Crippen molar-refractivity contribution in [3.05, 3.63) is 35.4 Å². The van der Waals surface area contributed by atoms with Gasteiger partial charge in [0.05, 0.1) is 11.1 Å². The standard InChI is InChI=1S/C11H8F3NO/c12-11(13,14)9-3-1-8(2-4-9)10(5-6-10)15-7-16/h1-4H,5-6H2. The van der Waals surface area contributed by atoms with Gasteiger partial charge in [0, 0.05) is 0 Å². The maximum atomic E-state index is 12.3. The van der Waals surface area contributed by atoms with Gasteiger partial charge in [-0.05, 0) is 30.5 Å². The van der Waals surface area contributed by atoms with E-state index < -0.39 is 17.3 Å². The van der Waals surface area contributed by atoms with Gasteiger partial charge in [0.15, 0.2) is 0 Å². The van der Waals surface area contributed by atoms with Gasteiger partial charge in [0.25, 0.3) is 0 Å². The third kappa shape index (κ3) is 1.86. The van der Waals surface area contributed by atoms with E-state index in [1.165, 1.54) is 18.2 Å². The van der Waals surface area contributed by atoms with E-state index in [1.54, 1.807) is 0 Å². The number of isocyanates is 1. The summed E-state index contributed by atoms with van der Waals surface area (Å²) in [5, 5.41) is 0. The predicted octanol–water partition coefficient (Wildman–Crippen LogP) is 3.03. The first-order valence-corrected chi connectivity index (χ1v) is 4.75. The Morgan fingerprint density at radius 1 is 1.19 bits per heavy atom. The molecule has 16 heavy (non-hydrogen) atoms. The van der Waals surface area contributed by atoms with Crippen LogP contribution in [0.3, 0.4) is 0 Å². The number of rotatable bonds is 2. The first kappa shape index (κ1) is 10.9. The average molecular weight is 227 g/mol. The zero-order valence-electron chi connectivity index (χ0n) is 8.21. The van der Waals surface area contributed by atoms with Gasteiger partial charge >= 0.3 is 6.18 Å². The molecule has 1 fully saturated rings. The highest BCUT2D eigenvalue weighted by Gasteiger charge is 2.45. The van der Waals surface area contributed by atoms with Crippen LogP contribution in [0.2, 0.25) is 0 Å². The van der Waals surface area contributed by atoms with Gasteiger partial charge in [-0.3, -0.25) is 0 Å². The topological polar surface area (TPSA) is 29.4 Å². The van der Waals surface area contributed by atoms with E-state index in [4.69, 9.17) is 0 Å². The SMILES string of the molecule is O=C=NC1(c2ccc(C(F)(F)F)cc2)CC1. The highest BCUT2D eigenvalue weighted by Crippen LogP contribution is 2.49. The van der Waals surface area contributed by atoms with Crippen LogP contribution in [0.1, 0.15) is 24.0 Å². The molecule has 0 amide bonds. The van der Waals surface area contributed by atoms with Crippen LogP contribution in [0.5, 0.6) is 0 Å². The fourth-order valence-corrected chi connectivity index (χ4v) is 1.64. The molecule has 0 radical (unpaired) electrons. The molecule has 1 saturated carbocycles. The summed E-state index contributed by atoms with van der Waals surface area (Å²) in [6.45, 7) is 0. The van der Waals surface area contributed by atoms with Crippen molar-refractivity contribution in [2.24, 2.45) is 4.99 Å². The summed E-state index contributed by atoms with van der Waals surface area (Å²) in [7, 11) is 0. The Balaban J connectivity index is 2.30. The number of aliphatic imine (C=N–C) groups is 1. The molecule has 1 aliphatic carbocycles. The molecule has 0 atom stereocenters. The second-order valence-electron chi connectivity index (χ2n) is 3.81. The lowest BCUT2D eigenvalue weighted by atomic mass is 10.0. The van der Waals surface area contributed by atoms with Crippen molar-refractivity contribution in [2.45, 2.75) is 24.6 Å². The van der Waals surface area contributed by atoms with E-state index in [0.29, 0.717) is 18.4 Å². The number of hydrogen-bond donors (Lipinski definition) is 0. The van der Waals surface area contributed by atoms with Crippen molar-refractivity contribution in [1.82, 2.24) is 0 Å². The Labute approximate surface area is 89.8 Å². The fraction of sp³-hybridized carbons (Fsp3) is 0.364. The highest BCUT2D eigenvalue weighted by molar-refractivity contribution is 5.42. The Morgan fingerprint density at radius 2 is 1.75 bits per heavy atom. The molecule has 2 rings (SSSR count). The van der Waals surface area contributed by atoms with Crippen molar-refractivity contribution in [2.75, 3.05) is 0 Å². The highest BCUT2D eigenvalue weighted by atomic mass is 19.4. The minimum Gasteiger partial charge on any atom is -0.211 e. The van der Waals surface area contributed by atoms with Gasteiger partial charge < -0.3 is 0 Å². The molecular formula is C11H8F3NO. The summed E-state index contributed by atoms with van der Waals surface area (Å²) in [5.41, 5.74) is -0.655. The van der Waals surface area contributed by atoms with Crippen molar-refractivity contribution in [1.29, 1.82) is 0 Å². The molecule has 0 saturated heterocycles. The lowest BCUT2D eigenvalue weighted by Crippen LogP contribution is -2.07. The van der Waals surface area contributed by atoms with Crippen LogP contribution < -0.4 is 0 Å². The summed E-state index contributed by atoms with van der Waals surface area (Å²) in [4.78, 5) is 13.8. The second kappa shape index (κ2) is 3.46. The lowest BCUT2D eigenvalue weighted by molar-refractivity contribution is -0.137. The molecule has 0 bridgehead atoms. The van der Waals surface area contributed by atoms with Gasteiger partial charge in [-0.15, -0.1) is 0 Å². The first-order valence-electron chi connectivity index (χ1n) is 4.75. The van der Waals surface area contributed by atoms with E-state index in [0.717, 1.165) is 12.1 Å². The largest absolute Gasteiger partial charge is 0.416 e.